The number of thioether (sulfide) groups is 2. The zero-order chi connectivity index (χ0) is 8.97. The van der Waals surface area contributed by atoms with Crippen LogP contribution in [0.2, 0.25) is 0 Å². The molecule has 0 aromatic heterocycles. The molecule has 0 amide bonds. The minimum absolute atomic E-state index is 0.817. The Morgan fingerprint density at radius 1 is 1.17 bits per heavy atom. The first-order valence-electron chi connectivity index (χ1n) is 3.49. The van der Waals surface area contributed by atoms with Crippen LogP contribution in [0.4, 0.5) is 0 Å². The Kier molecular flexibility index (Phi) is 3.69. The zero-order valence-electron chi connectivity index (χ0n) is 7.03. The molecule has 1 nitrogen and oxygen atoms in total. The number of rotatable bonds is 3. The average molecular weight is 198 g/mol. The molecule has 0 heterocycles. The topological polar surface area (TPSA) is 17.1 Å². The summed E-state index contributed by atoms with van der Waals surface area (Å²) in [6, 6.07) is 5.91. The van der Waals surface area contributed by atoms with Gasteiger partial charge in [0.05, 0.1) is 0 Å². The van der Waals surface area contributed by atoms with Crippen LogP contribution in [0.5, 0.6) is 0 Å². The molecule has 3 heteroatoms. The summed E-state index contributed by atoms with van der Waals surface area (Å²) in [7, 11) is 0. The molecule has 0 aliphatic heterocycles. The van der Waals surface area contributed by atoms with Crippen molar-refractivity contribution in [3.05, 3.63) is 23.8 Å². The third-order valence-electron chi connectivity index (χ3n) is 1.58. The maximum Gasteiger partial charge on any atom is 0.152 e. The Morgan fingerprint density at radius 3 is 2.00 bits per heavy atom. The summed E-state index contributed by atoms with van der Waals surface area (Å²) in [5.41, 5.74) is 0.817. The van der Waals surface area contributed by atoms with Gasteiger partial charge in [-0.1, -0.05) is 6.07 Å². The quantitative estimate of drug-likeness (QED) is 0.549. The Morgan fingerprint density at radius 2 is 1.67 bits per heavy atom. The predicted octanol–water partition coefficient (Wildman–Crippen LogP) is 2.94. The summed E-state index contributed by atoms with van der Waals surface area (Å²) in [6.45, 7) is 0. The highest BCUT2D eigenvalue weighted by Gasteiger charge is 2.04. The van der Waals surface area contributed by atoms with Crippen LogP contribution in [0.25, 0.3) is 0 Å². The van der Waals surface area contributed by atoms with E-state index in [1.165, 1.54) is 0 Å². The van der Waals surface area contributed by atoms with Crippen molar-refractivity contribution < 1.29 is 4.79 Å². The molecular formula is C9H10OS2. The smallest absolute Gasteiger partial charge is 0.152 e. The fraction of sp³-hybridized carbons (Fsp3) is 0.222. The standard InChI is InChI=1S/C9H10OS2/c1-11-8-4-3-5-9(12-2)7(8)6-10/h3-6H,1-2H3. The summed E-state index contributed by atoms with van der Waals surface area (Å²) in [4.78, 5) is 12.8. The number of benzene rings is 1. The summed E-state index contributed by atoms with van der Waals surface area (Å²) >= 11 is 3.21. The third kappa shape index (κ3) is 1.84. The molecule has 12 heavy (non-hydrogen) atoms. The Labute approximate surface area is 80.9 Å². The van der Waals surface area contributed by atoms with Crippen LogP contribution in [0.15, 0.2) is 28.0 Å². The van der Waals surface area contributed by atoms with Gasteiger partial charge in [0.25, 0.3) is 0 Å². The van der Waals surface area contributed by atoms with Gasteiger partial charge in [-0.2, -0.15) is 0 Å². The summed E-state index contributed by atoms with van der Waals surface area (Å²) in [6.07, 6.45) is 4.89. The number of hydrogen-bond acceptors (Lipinski definition) is 3. The van der Waals surface area contributed by atoms with Crippen LogP contribution in [0.3, 0.4) is 0 Å². The minimum Gasteiger partial charge on any atom is -0.298 e. The molecule has 0 spiro atoms. The molecule has 0 unspecified atom stereocenters. The van der Waals surface area contributed by atoms with E-state index in [9.17, 15) is 4.79 Å². The molecule has 1 aromatic rings. The second-order valence-electron chi connectivity index (χ2n) is 2.19. The van der Waals surface area contributed by atoms with Gasteiger partial charge in [-0.25, -0.2) is 0 Å². The monoisotopic (exact) mass is 198 g/mol. The van der Waals surface area contributed by atoms with E-state index < -0.39 is 0 Å². The van der Waals surface area contributed by atoms with Gasteiger partial charge in [-0.3, -0.25) is 4.79 Å². The largest absolute Gasteiger partial charge is 0.298 e. The highest BCUT2D eigenvalue weighted by atomic mass is 32.2. The lowest BCUT2D eigenvalue weighted by molar-refractivity contribution is 0.111. The molecule has 0 fully saturated rings. The lowest BCUT2D eigenvalue weighted by Gasteiger charge is -2.04. The van der Waals surface area contributed by atoms with Gasteiger partial charge in [0.2, 0.25) is 0 Å². The second kappa shape index (κ2) is 4.58. The van der Waals surface area contributed by atoms with E-state index >= 15 is 0 Å². The van der Waals surface area contributed by atoms with Crippen molar-refractivity contribution in [1.82, 2.24) is 0 Å². The Balaban J connectivity index is 3.21. The van der Waals surface area contributed by atoms with E-state index in [0.29, 0.717) is 0 Å². The van der Waals surface area contributed by atoms with Gasteiger partial charge in [0, 0.05) is 15.4 Å². The molecule has 0 aliphatic rings. The highest BCUT2D eigenvalue weighted by molar-refractivity contribution is 7.99. The van der Waals surface area contributed by atoms with Crippen LogP contribution in [-0.4, -0.2) is 18.8 Å². The van der Waals surface area contributed by atoms with E-state index in [4.69, 9.17) is 0 Å². The van der Waals surface area contributed by atoms with Crippen molar-refractivity contribution in [3.8, 4) is 0 Å². The van der Waals surface area contributed by atoms with Crippen molar-refractivity contribution in [2.45, 2.75) is 9.79 Å². The number of carbonyl (C=O) groups excluding carboxylic acids is 1. The first kappa shape index (κ1) is 9.68. The van der Waals surface area contributed by atoms with E-state index in [0.717, 1.165) is 21.6 Å². The minimum atomic E-state index is 0.817. The second-order valence-corrected chi connectivity index (χ2v) is 3.89. The summed E-state index contributed by atoms with van der Waals surface area (Å²) in [5, 5.41) is 0. The van der Waals surface area contributed by atoms with E-state index in [2.05, 4.69) is 0 Å². The van der Waals surface area contributed by atoms with Crippen molar-refractivity contribution in [3.63, 3.8) is 0 Å². The van der Waals surface area contributed by atoms with E-state index in [1.54, 1.807) is 23.5 Å². The fourth-order valence-corrected chi connectivity index (χ4v) is 2.25. The maximum absolute atomic E-state index is 10.7. The molecule has 0 aliphatic carbocycles. The van der Waals surface area contributed by atoms with Gasteiger partial charge in [-0.05, 0) is 24.6 Å². The van der Waals surface area contributed by atoms with Gasteiger partial charge >= 0.3 is 0 Å². The van der Waals surface area contributed by atoms with Gasteiger partial charge < -0.3 is 0 Å². The molecule has 0 saturated heterocycles. The lowest BCUT2D eigenvalue weighted by Crippen LogP contribution is -1.87. The summed E-state index contributed by atoms with van der Waals surface area (Å²) < 4.78 is 0. The Bertz CT molecular complexity index is 262. The predicted molar refractivity (Wildman–Crippen MR) is 55.4 cm³/mol. The fourth-order valence-electron chi connectivity index (χ4n) is 0.996. The van der Waals surface area contributed by atoms with Crippen LogP contribution in [0, 0.1) is 0 Å². The average Bonchev–Trinajstić information content (AvgIpc) is 2.16. The third-order valence-corrected chi connectivity index (χ3v) is 3.18. The van der Waals surface area contributed by atoms with Crippen molar-refractivity contribution in [2.24, 2.45) is 0 Å². The SMILES string of the molecule is CSc1cccc(SC)c1C=O. The molecule has 1 rings (SSSR count). The number of carbonyl (C=O) groups is 1. The van der Waals surface area contributed by atoms with Crippen LogP contribution in [0.1, 0.15) is 10.4 Å². The molecule has 1 aromatic carbocycles. The molecule has 0 saturated carbocycles. The normalized spacial score (nSPS) is 9.83. The molecular weight excluding hydrogens is 188 g/mol. The van der Waals surface area contributed by atoms with E-state index in [1.807, 2.05) is 30.7 Å². The molecule has 0 bridgehead atoms. The lowest BCUT2D eigenvalue weighted by atomic mass is 10.2. The number of aldehydes is 1. The molecule has 0 N–H and O–H groups in total. The van der Waals surface area contributed by atoms with Gasteiger partial charge in [0.1, 0.15) is 0 Å². The summed E-state index contributed by atoms with van der Waals surface area (Å²) in [5.74, 6) is 0. The first-order valence-corrected chi connectivity index (χ1v) is 5.94. The van der Waals surface area contributed by atoms with Gasteiger partial charge in [0.15, 0.2) is 6.29 Å². The molecule has 0 radical (unpaired) electrons. The zero-order valence-corrected chi connectivity index (χ0v) is 8.67. The van der Waals surface area contributed by atoms with Gasteiger partial charge in [-0.15, -0.1) is 23.5 Å². The van der Waals surface area contributed by atoms with Crippen LogP contribution in [-0.2, 0) is 0 Å². The highest BCUT2D eigenvalue weighted by Crippen LogP contribution is 2.27. The van der Waals surface area contributed by atoms with Crippen LogP contribution < -0.4 is 0 Å². The van der Waals surface area contributed by atoms with Crippen molar-refractivity contribution >= 4 is 29.8 Å². The molecule has 64 valence electrons. The number of hydrogen-bond donors (Lipinski definition) is 0. The van der Waals surface area contributed by atoms with Crippen molar-refractivity contribution in [1.29, 1.82) is 0 Å². The first-order chi connectivity index (χ1) is 5.83. The Hall–Kier alpha value is -0.410. The maximum atomic E-state index is 10.7. The van der Waals surface area contributed by atoms with E-state index in [-0.39, 0.29) is 0 Å². The van der Waals surface area contributed by atoms with Crippen LogP contribution >= 0.6 is 23.5 Å². The molecule has 0 atom stereocenters. The van der Waals surface area contributed by atoms with Crippen molar-refractivity contribution in [2.75, 3.05) is 12.5 Å².